The molecule has 0 bridgehead atoms. The third kappa shape index (κ3) is 4.09. The Morgan fingerprint density at radius 1 is 1.24 bits per heavy atom. The second-order valence-electron chi connectivity index (χ2n) is 4.56. The van der Waals surface area contributed by atoms with Crippen LogP contribution in [0.4, 0.5) is 10.1 Å². The number of nitrogens with one attached hydrogen (secondary N) is 1. The number of benzene rings is 2. The number of ether oxygens (including phenoxy) is 1. The molecule has 0 radical (unpaired) electrons. The van der Waals surface area contributed by atoms with Crippen molar-refractivity contribution in [2.45, 2.75) is 13.0 Å². The quantitative estimate of drug-likeness (QED) is 0.848. The summed E-state index contributed by atoms with van der Waals surface area (Å²) in [6, 6.07) is 11.7. The van der Waals surface area contributed by atoms with E-state index >= 15 is 0 Å². The van der Waals surface area contributed by atoms with E-state index in [1.165, 1.54) is 18.2 Å². The van der Waals surface area contributed by atoms with Crippen molar-refractivity contribution in [2.75, 3.05) is 18.5 Å². The SMILES string of the molecule is CCOc1ccc(C(CN)Nc2cc(F)ccc2Cl)cc1. The van der Waals surface area contributed by atoms with Gasteiger partial charge in [0.2, 0.25) is 0 Å². The summed E-state index contributed by atoms with van der Waals surface area (Å²) in [5, 5.41) is 3.63. The number of anilines is 1. The minimum Gasteiger partial charge on any atom is -0.494 e. The first-order chi connectivity index (χ1) is 10.1. The van der Waals surface area contributed by atoms with Gasteiger partial charge in [-0.05, 0) is 42.8 Å². The predicted molar refractivity (Wildman–Crippen MR) is 84.4 cm³/mol. The molecule has 2 aromatic rings. The summed E-state index contributed by atoms with van der Waals surface area (Å²) in [5.41, 5.74) is 7.32. The normalized spacial score (nSPS) is 12.0. The Bertz CT molecular complexity index is 589. The van der Waals surface area contributed by atoms with Gasteiger partial charge in [0.1, 0.15) is 11.6 Å². The van der Waals surface area contributed by atoms with E-state index < -0.39 is 0 Å². The van der Waals surface area contributed by atoms with E-state index in [4.69, 9.17) is 22.1 Å². The first kappa shape index (κ1) is 15.6. The Labute approximate surface area is 128 Å². The van der Waals surface area contributed by atoms with E-state index in [2.05, 4.69) is 5.32 Å². The van der Waals surface area contributed by atoms with Gasteiger partial charge in [0.15, 0.2) is 0 Å². The minimum atomic E-state index is -0.343. The highest BCUT2D eigenvalue weighted by Gasteiger charge is 2.12. The lowest BCUT2D eigenvalue weighted by Crippen LogP contribution is -2.20. The van der Waals surface area contributed by atoms with Gasteiger partial charge >= 0.3 is 0 Å². The molecule has 0 fully saturated rings. The van der Waals surface area contributed by atoms with Crippen LogP contribution in [0.2, 0.25) is 5.02 Å². The fraction of sp³-hybridized carbons (Fsp3) is 0.250. The van der Waals surface area contributed by atoms with Gasteiger partial charge in [-0.1, -0.05) is 23.7 Å². The van der Waals surface area contributed by atoms with E-state index in [-0.39, 0.29) is 11.9 Å². The van der Waals surface area contributed by atoms with Crippen molar-refractivity contribution in [2.24, 2.45) is 5.73 Å². The van der Waals surface area contributed by atoms with E-state index in [0.29, 0.717) is 23.9 Å². The lowest BCUT2D eigenvalue weighted by molar-refractivity contribution is 0.340. The summed E-state index contributed by atoms with van der Waals surface area (Å²) < 4.78 is 18.7. The predicted octanol–water partition coefficient (Wildman–Crippen LogP) is 3.99. The molecule has 112 valence electrons. The highest BCUT2D eigenvalue weighted by Crippen LogP contribution is 2.27. The Kier molecular flexibility index (Phi) is 5.42. The molecule has 0 spiro atoms. The average molecular weight is 309 g/mol. The summed E-state index contributed by atoms with van der Waals surface area (Å²) in [5.74, 6) is 0.463. The lowest BCUT2D eigenvalue weighted by Gasteiger charge is -2.20. The molecular weight excluding hydrogens is 291 g/mol. The molecule has 0 aromatic heterocycles. The first-order valence-electron chi connectivity index (χ1n) is 6.78. The fourth-order valence-corrected chi connectivity index (χ4v) is 2.21. The zero-order valence-electron chi connectivity index (χ0n) is 11.8. The molecule has 0 amide bonds. The van der Waals surface area contributed by atoms with Gasteiger partial charge in [0.05, 0.1) is 23.4 Å². The molecule has 0 aliphatic heterocycles. The van der Waals surface area contributed by atoms with Crippen molar-refractivity contribution in [3.8, 4) is 5.75 Å². The van der Waals surface area contributed by atoms with Crippen LogP contribution in [-0.4, -0.2) is 13.2 Å². The second kappa shape index (κ2) is 7.29. The van der Waals surface area contributed by atoms with Crippen molar-refractivity contribution in [1.82, 2.24) is 0 Å². The van der Waals surface area contributed by atoms with Crippen LogP contribution in [0.25, 0.3) is 0 Å². The average Bonchev–Trinajstić information content (AvgIpc) is 2.49. The zero-order valence-corrected chi connectivity index (χ0v) is 12.5. The highest BCUT2D eigenvalue weighted by atomic mass is 35.5. The van der Waals surface area contributed by atoms with Gasteiger partial charge in [-0.3, -0.25) is 0 Å². The molecule has 2 aromatic carbocycles. The van der Waals surface area contributed by atoms with Crippen LogP contribution in [0.15, 0.2) is 42.5 Å². The number of rotatable bonds is 6. The standard InChI is InChI=1S/C16H18ClFN2O/c1-2-21-13-6-3-11(4-7-13)16(10-19)20-15-9-12(18)5-8-14(15)17/h3-9,16,20H,2,10,19H2,1H3. The number of nitrogens with two attached hydrogens (primary N) is 1. The summed E-state index contributed by atoms with van der Waals surface area (Å²) in [6.07, 6.45) is 0. The number of hydrogen-bond donors (Lipinski definition) is 2. The molecule has 0 saturated carbocycles. The molecule has 21 heavy (non-hydrogen) atoms. The molecule has 0 heterocycles. The maximum Gasteiger partial charge on any atom is 0.125 e. The maximum absolute atomic E-state index is 13.3. The summed E-state index contributed by atoms with van der Waals surface area (Å²) in [4.78, 5) is 0. The molecule has 3 nitrogen and oxygen atoms in total. The molecule has 1 atom stereocenters. The first-order valence-corrected chi connectivity index (χ1v) is 7.16. The third-order valence-electron chi connectivity index (χ3n) is 3.09. The molecule has 0 aliphatic rings. The summed E-state index contributed by atoms with van der Waals surface area (Å²) >= 11 is 6.06. The Balaban J connectivity index is 2.17. The van der Waals surface area contributed by atoms with Crippen molar-refractivity contribution >= 4 is 17.3 Å². The monoisotopic (exact) mass is 308 g/mol. The van der Waals surface area contributed by atoms with Gasteiger partial charge in [-0.25, -0.2) is 4.39 Å². The van der Waals surface area contributed by atoms with E-state index in [9.17, 15) is 4.39 Å². The Morgan fingerprint density at radius 3 is 2.57 bits per heavy atom. The molecule has 3 N–H and O–H groups in total. The molecule has 0 saturated heterocycles. The van der Waals surface area contributed by atoms with Crippen LogP contribution in [0.5, 0.6) is 5.75 Å². The zero-order chi connectivity index (χ0) is 15.2. The Morgan fingerprint density at radius 2 is 1.95 bits per heavy atom. The van der Waals surface area contributed by atoms with E-state index in [0.717, 1.165) is 11.3 Å². The molecule has 2 rings (SSSR count). The van der Waals surface area contributed by atoms with Gasteiger partial charge in [0.25, 0.3) is 0 Å². The van der Waals surface area contributed by atoms with Gasteiger partial charge < -0.3 is 15.8 Å². The number of hydrogen-bond acceptors (Lipinski definition) is 3. The van der Waals surface area contributed by atoms with Gasteiger partial charge in [-0.2, -0.15) is 0 Å². The molecule has 5 heteroatoms. The van der Waals surface area contributed by atoms with Crippen LogP contribution >= 0.6 is 11.6 Å². The third-order valence-corrected chi connectivity index (χ3v) is 3.42. The molecule has 1 unspecified atom stereocenters. The highest BCUT2D eigenvalue weighted by molar-refractivity contribution is 6.33. The van der Waals surface area contributed by atoms with Crippen LogP contribution in [0.3, 0.4) is 0 Å². The van der Waals surface area contributed by atoms with E-state index in [1.54, 1.807) is 0 Å². The summed E-state index contributed by atoms with van der Waals surface area (Å²) in [6.45, 7) is 2.92. The molecular formula is C16H18ClFN2O. The smallest absolute Gasteiger partial charge is 0.125 e. The van der Waals surface area contributed by atoms with Crippen molar-refractivity contribution in [3.63, 3.8) is 0 Å². The van der Waals surface area contributed by atoms with E-state index in [1.807, 2.05) is 31.2 Å². The topological polar surface area (TPSA) is 47.3 Å². The van der Waals surface area contributed by atoms with Gasteiger partial charge in [-0.15, -0.1) is 0 Å². The largest absolute Gasteiger partial charge is 0.494 e. The van der Waals surface area contributed by atoms with Crippen LogP contribution in [-0.2, 0) is 0 Å². The van der Waals surface area contributed by atoms with Crippen molar-refractivity contribution < 1.29 is 9.13 Å². The van der Waals surface area contributed by atoms with Crippen molar-refractivity contribution in [1.29, 1.82) is 0 Å². The Hall–Kier alpha value is -1.78. The number of halogens is 2. The second-order valence-corrected chi connectivity index (χ2v) is 4.97. The van der Waals surface area contributed by atoms with Gasteiger partial charge in [0, 0.05) is 6.54 Å². The maximum atomic E-state index is 13.3. The van der Waals surface area contributed by atoms with Crippen LogP contribution < -0.4 is 15.8 Å². The van der Waals surface area contributed by atoms with Crippen molar-refractivity contribution in [3.05, 3.63) is 58.9 Å². The molecule has 0 aliphatic carbocycles. The summed E-state index contributed by atoms with van der Waals surface area (Å²) in [7, 11) is 0. The lowest BCUT2D eigenvalue weighted by atomic mass is 10.1. The van der Waals surface area contributed by atoms with Crippen LogP contribution in [0, 0.1) is 5.82 Å². The van der Waals surface area contributed by atoms with Crippen LogP contribution in [0.1, 0.15) is 18.5 Å². The minimum absolute atomic E-state index is 0.153. The fourth-order valence-electron chi connectivity index (χ4n) is 2.04.